The third-order valence-corrected chi connectivity index (χ3v) is 6.43. The number of ether oxygens (including phenoxy) is 3. The molecule has 1 aliphatic rings. The number of carbonyl (C=O) groups is 1. The minimum Gasteiger partial charge on any atom is -0.493 e. The number of hydrogen-bond donors (Lipinski definition) is 2. The number of nitrogens with one attached hydrogen (secondary N) is 2. The summed E-state index contributed by atoms with van der Waals surface area (Å²) in [4.78, 5) is 13.5. The second kappa shape index (κ2) is 10.2. The summed E-state index contributed by atoms with van der Waals surface area (Å²) in [5, 5.41) is 11.1. The van der Waals surface area contributed by atoms with Crippen molar-refractivity contribution in [1.29, 1.82) is 0 Å². The molecule has 1 amide bonds. The summed E-state index contributed by atoms with van der Waals surface area (Å²) in [7, 11) is 4.64. The fraction of sp³-hybridized carbons (Fsp3) is 0.385. The van der Waals surface area contributed by atoms with Crippen LogP contribution in [0, 0.1) is 13.8 Å². The molecule has 0 aliphatic carbocycles. The van der Waals surface area contributed by atoms with Gasteiger partial charge in [0.25, 0.3) is 5.91 Å². The molecule has 8 heteroatoms. The molecule has 0 unspecified atom stereocenters. The number of nitrogens with zero attached hydrogens (tertiary/aromatic N) is 2. The van der Waals surface area contributed by atoms with Crippen molar-refractivity contribution < 1.29 is 19.0 Å². The summed E-state index contributed by atoms with van der Waals surface area (Å²) < 4.78 is 18.2. The number of hydrogen-bond acceptors (Lipinski definition) is 6. The van der Waals surface area contributed by atoms with Crippen molar-refractivity contribution in [2.75, 3.05) is 39.7 Å². The molecule has 0 atom stereocenters. The van der Waals surface area contributed by atoms with Crippen LogP contribution in [-0.4, -0.2) is 50.1 Å². The van der Waals surface area contributed by atoms with Gasteiger partial charge in [-0.25, -0.2) is 4.68 Å². The van der Waals surface area contributed by atoms with E-state index in [2.05, 4.69) is 47.8 Å². The molecule has 180 valence electrons. The standard InChI is InChI=1S/C26H32N4O4/c1-16-6-7-20(12-17(16)2)30-24(18-8-10-27-11-9-18)21(15-28-30)26(31)29-19-13-22(32-3)25(34-5)23(14-19)33-4/h6-7,12-15,18,27H,8-11H2,1-5H3,(H,29,31). The van der Waals surface area contributed by atoms with Gasteiger partial charge in [-0.3, -0.25) is 4.79 Å². The van der Waals surface area contributed by atoms with E-state index >= 15 is 0 Å². The van der Waals surface area contributed by atoms with E-state index in [1.807, 2.05) is 4.68 Å². The minimum absolute atomic E-state index is 0.224. The van der Waals surface area contributed by atoms with E-state index in [9.17, 15) is 4.79 Å². The molecule has 1 aromatic heterocycles. The van der Waals surface area contributed by atoms with Crippen LogP contribution in [0.5, 0.6) is 17.2 Å². The molecule has 0 saturated carbocycles. The van der Waals surface area contributed by atoms with Crippen LogP contribution in [-0.2, 0) is 0 Å². The number of methoxy groups -OCH3 is 3. The van der Waals surface area contributed by atoms with E-state index in [-0.39, 0.29) is 11.8 Å². The molecule has 0 bridgehead atoms. The van der Waals surface area contributed by atoms with Crippen molar-refractivity contribution in [1.82, 2.24) is 15.1 Å². The van der Waals surface area contributed by atoms with Crippen LogP contribution < -0.4 is 24.8 Å². The predicted octanol–water partition coefficient (Wildman–Crippen LogP) is 4.23. The lowest BCUT2D eigenvalue weighted by Gasteiger charge is -2.25. The van der Waals surface area contributed by atoms with Gasteiger partial charge in [-0.1, -0.05) is 6.07 Å². The third-order valence-electron chi connectivity index (χ3n) is 6.43. The maximum absolute atomic E-state index is 13.5. The van der Waals surface area contributed by atoms with Crippen molar-refractivity contribution in [3.05, 3.63) is 58.9 Å². The Kier molecular flexibility index (Phi) is 7.07. The number of amides is 1. The van der Waals surface area contributed by atoms with Gasteiger partial charge in [0.1, 0.15) is 0 Å². The van der Waals surface area contributed by atoms with Gasteiger partial charge in [-0.2, -0.15) is 5.10 Å². The van der Waals surface area contributed by atoms with E-state index in [1.165, 1.54) is 11.1 Å². The lowest BCUT2D eigenvalue weighted by molar-refractivity contribution is 0.102. The van der Waals surface area contributed by atoms with Gasteiger partial charge in [-0.05, 0) is 63.0 Å². The van der Waals surface area contributed by atoms with Crippen LogP contribution in [0.4, 0.5) is 5.69 Å². The molecule has 0 radical (unpaired) electrons. The highest BCUT2D eigenvalue weighted by molar-refractivity contribution is 6.05. The van der Waals surface area contributed by atoms with E-state index in [1.54, 1.807) is 39.7 Å². The number of benzene rings is 2. The van der Waals surface area contributed by atoms with Gasteiger partial charge in [0.15, 0.2) is 11.5 Å². The third kappa shape index (κ3) is 4.59. The van der Waals surface area contributed by atoms with Crippen molar-refractivity contribution in [3.63, 3.8) is 0 Å². The highest BCUT2D eigenvalue weighted by Gasteiger charge is 2.27. The quantitative estimate of drug-likeness (QED) is 0.544. The van der Waals surface area contributed by atoms with Crippen molar-refractivity contribution in [2.45, 2.75) is 32.6 Å². The Bertz CT molecular complexity index is 1160. The van der Waals surface area contributed by atoms with Crippen molar-refractivity contribution in [2.24, 2.45) is 0 Å². The lowest BCUT2D eigenvalue weighted by atomic mass is 9.91. The molecule has 34 heavy (non-hydrogen) atoms. The summed E-state index contributed by atoms with van der Waals surface area (Å²) in [5.41, 5.74) is 5.43. The van der Waals surface area contributed by atoms with Crippen LogP contribution in [0.15, 0.2) is 36.5 Å². The Balaban J connectivity index is 1.73. The van der Waals surface area contributed by atoms with E-state index in [0.717, 1.165) is 37.3 Å². The normalized spacial score (nSPS) is 14.0. The second-order valence-electron chi connectivity index (χ2n) is 8.52. The van der Waals surface area contributed by atoms with Crippen LogP contribution in [0.3, 0.4) is 0 Å². The van der Waals surface area contributed by atoms with Gasteiger partial charge < -0.3 is 24.8 Å². The maximum atomic E-state index is 13.5. The SMILES string of the molecule is COc1cc(NC(=O)c2cnn(-c3ccc(C)c(C)c3)c2C2CCNCC2)cc(OC)c1OC. The van der Waals surface area contributed by atoms with Gasteiger partial charge in [-0.15, -0.1) is 0 Å². The fourth-order valence-corrected chi connectivity index (χ4v) is 4.44. The first-order valence-corrected chi connectivity index (χ1v) is 11.4. The first-order chi connectivity index (χ1) is 16.5. The number of aromatic nitrogens is 2. The molecular weight excluding hydrogens is 432 g/mol. The summed E-state index contributed by atoms with van der Waals surface area (Å²) in [6, 6.07) is 9.71. The highest BCUT2D eigenvalue weighted by atomic mass is 16.5. The molecule has 1 fully saturated rings. The first-order valence-electron chi connectivity index (χ1n) is 11.4. The molecule has 2 heterocycles. The van der Waals surface area contributed by atoms with Gasteiger partial charge in [0.05, 0.1) is 44.5 Å². The van der Waals surface area contributed by atoms with Crippen LogP contribution >= 0.6 is 0 Å². The van der Waals surface area contributed by atoms with Crippen molar-refractivity contribution >= 4 is 11.6 Å². The van der Waals surface area contributed by atoms with Gasteiger partial charge in [0, 0.05) is 23.7 Å². The zero-order chi connectivity index (χ0) is 24.2. The molecule has 1 aliphatic heterocycles. The van der Waals surface area contributed by atoms with E-state index in [0.29, 0.717) is 28.5 Å². The topological polar surface area (TPSA) is 86.6 Å². The molecule has 8 nitrogen and oxygen atoms in total. The molecule has 3 aromatic rings. The Morgan fingerprint density at radius 2 is 1.68 bits per heavy atom. The minimum atomic E-state index is -0.224. The number of aryl methyl sites for hydroxylation is 2. The number of rotatable bonds is 7. The number of piperidine rings is 1. The molecule has 1 saturated heterocycles. The largest absolute Gasteiger partial charge is 0.493 e. The molecule has 2 aromatic carbocycles. The fourth-order valence-electron chi connectivity index (χ4n) is 4.44. The predicted molar refractivity (Wildman–Crippen MR) is 132 cm³/mol. The summed E-state index contributed by atoms with van der Waals surface area (Å²) in [5.74, 6) is 1.42. The van der Waals surface area contributed by atoms with Crippen LogP contribution in [0.2, 0.25) is 0 Å². The van der Waals surface area contributed by atoms with E-state index < -0.39 is 0 Å². The van der Waals surface area contributed by atoms with Gasteiger partial charge >= 0.3 is 0 Å². The smallest absolute Gasteiger partial charge is 0.259 e. The average Bonchev–Trinajstić information content (AvgIpc) is 3.31. The number of anilines is 1. The van der Waals surface area contributed by atoms with Gasteiger partial charge in [0.2, 0.25) is 5.75 Å². The first kappa shape index (κ1) is 23.6. The number of carbonyl (C=O) groups excluding carboxylic acids is 1. The summed E-state index contributed by atoms with van der Waals surface area (Å²) in [6.07, 6.45) is 3.56. The summed E-state index contributed by atoms with van der Waals surface area (Å²) in [6.45, 7) is 6.00. The molecule has 4 rings (SSSR count). The Morgan fingerprint density at radius 3 is 2.26 bits per heavy atom. The van der Waals surface area contributed by atoms with Crippen LogP contribution in [0.25, 0.3) is 5.69 Å². The Hall–Kier alpha value is -3.52. The zero-order valence-corrected chi connectivity index (χ0v) is 20.4. The highest BCUT2D eigenvalue weighted by Crippen LogP contribution is 2.40. The van der Waals surface area contributed by atoms with Crippen LogP contribution in [0.1, 0.15) is 45.9 Å². The van der Waals surface area contributed by atoms with Crippen molar-refractivity contribution in [3.8, 4) is 22.9 Å². The Labute approximate surface area is 200 Å². The second-order valence-corrected chi connectivity index (χ2v) is 8.52. The van der Waals surface area contributed by atoms with E-state index in [4.69, 9.17) is 14.2 Å². The lowest BCUT2D eigenvalue weighted by Crippen LogP contribution is -2.29. The maximum Gasteiger partial charge on any atom is 0.259 e. The average molecular weight is 465 g/mol. The monoisotopic (exact) mass is 464 g/mol. The Morgan fingerprint density at radius 1 is 1.00 bits per heavy atom. The molecular formula is C26H32N4O4. The zero-order valence-electron chi connectivity index (χ0n) is 20.4. The molecule has 0 spiro atoms. The summed E-state index contributed by atoms with van der Waals surface area (Å²) >= 11 is 0. The molecule has 2 N–H and O–H groups in total.